The third kappa shape index (κ3) is 2.46. The van der Waals surface area contributed by atoms with Gasteiger partial charge in [-0.2, -0.15) is 5.10 Å². The summed E-state index contributed by atoms with van der Waals surface area (Å²) in [6, 6.07) is 0. The lowest BCUT2D eigenvalue weighted by Crippen LogP contribution is -2.21. The van der Waals surface area contributed by atoms with Gasteiger partial charge in [-0.25, -0.2) is 9.78 Å². The van der Waals surface area contributed by atoms with Gasteiger partial charge in [0.25, 0.3) is 0 Å². The number of hydrogen-bond donors (Lipinski definition) is 1. The van der Waals surface area contributed by atoms with Gasteiger partial charge >= 0.3 is 5.97 Å². The molecule has 0 atom stereocenters. The number of aryl methyl sites for hydroxylation is 2. The maximum Gasteiger partial charge on any atom is 0.341 e. The number of aromatic carboxylic acids is 1. The molecular weight excluding hydrogens is 270 g/mol. The van der Waals surface area contributed by atoms with E-state index in [9.17, 15) is 9.90 Å². The molecular formula is C15H19N3O3. The fraction of sp³-hybridized carbons (Fsp3) is 0.533. The molecule has 6 heteroatoms. The van der Waals surface area contributed by atoms with Crippen LogP contribution in [0, 0.1) is 6.92 Å². The third-order valence-corrected chi connectivity index (χ3v) is 4.05. The minimum absolute atomic E-state index is 0.0852. The van der Waals surface area contributed by atoms with Gasteiger partial charge in [-0.1, -0.05) is 6.42 Å². The molecule has 0 amide bonds. The molecule has 1 N–H and O–H groups in total. The molecule has 1 aliphatic rings. The predicted octanol–water partition coefficient (Wildman–Crippen LogP) is 2.69. The van der Waals surface area contributed by atoms with E-state index < -0.39 is 5.97 Å². The van der Waals surface area contributed by atoms with E-state index in [4.69, 9.17) is 4.74 Å². The van der Waals surface area contributed by atoms with Crippen molar-refractivity contribution in [3.05, 3.63) is 17.5 Å². The summed E-state index contributed by atoms with van der Waals surface area (Å²) in [5, 5.41) is 14.4. The van der Waals surface area contributed by atoms with Crippen LogP contribution < -0.4 is 4.74 Å². The minimum Gasteiger partial charge on any atom is -0.489 e. The molecule has 0 spiro atoms. The molecule has 0 unspecified atom stereocenters. The van der Waals surface area contributed by atoms with Gasteiger partial charge in [0, 0.05) is 13.2 Å². The van der Waals surface area contributed by atoms with Crippen molar-refractivity contribution in [1.82, 2.24) is 14.8 Å². The normalized spacial score (nSPS) is 16.3. The van der Waals surface area contributed by atoms with Crippen molar-refractivity contribution in [3.63, 3.8) is 0 Å². The molecule has 0 saturated heterocycles. The highest BCUT2D eigenvalue weighted by atomic mass is 16.5. The minimum atomic E-state index is -1.02. The van der Waals surface area contributed by atoms with Gasteiger partial charge in [0.1, 0.15) is 11.3 Å². The molecule has 6 nitrogen and oxygen atoms in total. The van der Waals surface area contributed by atoms with E-state index in [0.29, 0.717) is 16.8 Å². The molecule has 1 saturated carbocycles. The van der Waals surface area contributed by atoms with E-state index in [2.05, 4.69) is 10.1 Å². The Morgan fingerprint density at radius 1 is 1.38 bits per heavy atom. The van der Waals surface area contributed by atoms with Gasteiger partial charge in [0.15, 0.2) is 5.65 Å². The first kappa shape index (κ1) is 13.9. The molecule has 2 aromatic rings. The first-order valence-corrected chi connectivity index (χ1v) is 7.30. The maximum absolute atomic E-state index is 11.5. The number of nitrogens with zero attached hydrogens (tertiary/aromatic N) is 3. The molecule has 112 valence electrons. The fourth-order valence-electron chi connectivity index (χ4n) is 3.00. The number of carboxylic acid groups (broad SMARTS) is 1. The van der Waals surface area contributed by atoms with E-state index >= 15 is 0 Å². The van der Waals surface area contributed by atoms with E-state index in [1.165, 1.54) is 12.6 Å². The average molecular weight is 289 g/mol. The topological polar surface area (TPSA) is 77.2 Å². The smallest absolute Gasteiger partial charge is 0.341 e. The number of rotatable bonds is 3. The molecule has 2 heterocycles. The van der Waals surface area contributed by atoms with E-state index in [1.807, 2.05) is 6.92 Å². The van der Waals surface area contributed by atoms with Crippen LogP contribution in [0.2, 0.25) is 0 Å². The quantitative estimate of drug-likeness (QED) is 0.940. The summed E-state index contributed by atoms with van der Waals surface area (Å²) in [6.07, 6.45) is 6.89. The molecule has 1 fully saturated rings. The van der Waals surface area contributed by atoms with Crippen LogP contribution >= 0.6 is 0 Å². The van der Waals surface area contributed by atoms with Gasteiger partial charge in [-0.3, -0.25) is 4.68 Å². The van der Waals surface area contributed by atoms with Gasteiger partial charge in [0.05, 0.1) is 17.2 Å². The van der Waals surface area contributed by atoms with Crippen LogP contribution in [0.15, 0.2) is 6.20 Å². The second-order valence-electron chi connectivity index (χ2n) is 5.59. The van der Waals surface area contributed by atoms with Crippen molar-refractivity contribution >= 4 is 17.0 Å². The first-order valence-electron chi connectivity index (χ1n) is 7.30. The molecule has 1 aliphatic carbocycles. The van der Waals surface area contributed by atoms with Crippen molar-refractivity contribution in [2.24, 2.45) is 7.05 Å². The SMILES string of the molecule is Cc1nn(C)c2ncc(C(=O)O)c(OC3CCCCC3)c12. The van der Waals surface area contributed by atoms with Crippen LogP contribution in [0.5, 0.6) is 5.75 Å². The zero-order chi connectivity index (χ0) is 15.0. The predicted molar refractivity (Wildman–Crippen MR) is 77.7 cm³/mol. The average Bonchev–Trinajstić information content (AvgIpc) is 2.75. The Balaban J connectivity index is 2.11. The second-order valence-corrected chi connectivity index (χ2v) is 5.59. The lowest BCUT2D eigenvalue weighted by atomic mass is 9.97. The van der Waals surface area contributed by atoms with Crippen LogP contribution in [0.1, 0.15) is 48.2 Å². The van der Waals surface area contributed by atoms with Gasteiger partial charge in [-0.15, -0.1) is 0 Å². The number of aromatic nitrogens is 3. The van der Waals surface area contributed by atoms with Crippen molar-refractivity contribution in [2.45, 2.75) is 45.1 Å². The van der Waals surface area contributed by atoms with Crippen molar-refractivity contribution in [3.8, 4) is 5.75 Å². The maximum atomic E-state index is 11.5. The molecule has 0 radical (unpaired) electrons. The van der Waals surface area contributed by atoms with Crippen LogP contribution in [0.25, 0.3) is 11.0 Å². The van der Waals surface area contributed by atoms with Crippen LogP contribution in [-0.2, 0) is 7.05 Å². The van der Waals surface area contributed by atoms with Crippen molar-refractivity contribution in [2.75, 3.05) is 0 Å². The summed E-state index contributed by atoms with van der Waals surface area (Å²) >= 11 is 0. The number of pyridine rings is 1. The molecule has 3 rings (SSSR count). The fourth-order valence-corrected chi connectivity index (χ4v) is 3.00. The second kappa shape index (κ2) is 5.35. The number of ether oxygens (including phenoxy) is 1. The number of carboxylic acids is 1. The monoisotopic (exact) mass is 289 g/mol. The van der Waals surface area contributed by atoms with E-state index in [-0.39, 0.29) is 11.7 Å². The Hall–Kier alpha value is -2.11. The summed E-state index contributed by atoms with van der Waals surface area (Å²) in [5.41, 5.74) is 1.52. The highest BCUT2D eigenvalue weighted by Crippen LogP contribution is 2.33. The Labute approximate surface area is 122 Å². The van der Waals surface area contributed by atoms with E-state index in [1.54, 1.807) is 11.7 Å². The lowest BCUT2D eigenvalue weighted by molar-refractivity contribution is 0.0686. The number of carbonyl (C=O) groups is 1. The number of fused-ring (bicyclic) bond motifs is 1. The summed E-state index contributed by atoms with van der Waals surface area (Å²) < 4.78 is 7.74. The highest BCUT2D eigenvalue weighted by molar-refractivity contribution is 5.98. The van der Waals surface area contributed by atoms with Crippen LogP contribution in [-0.4, -0.2) is 31.9 Å². The summed E-state index contributed by atoms with van der Waals surface area (Å²) in [4.78, 5) is 15.7. The van der Waals surface area contributed by atoms with E-state index in [0.717, 1.165) is 31.4 Å². The molecule has 21 heavy (non-hydrogen) atoms. The number of hydrogen-bond acceptors (Lipinski definition) is 4. The van der Waals surface area contributed by atoms with Gasteiger partial charge in [-0.05, 0) is 32.6 Å². The largest absolute Gasteiger partial charge is 0.489 e. The summed E-state index contributed by atoms with van der Waals surface area (Å²) in [5.74, 6) is -0.594. The molecule has 0 aliphatic heterocycles. The zero-order valence-corrected chi connectivity index (χ0v) is 12.3. The standard InChI is InChI=1S/C15H19N3O3/c1-9-12-13(21-10-6-4-3-5-7-10)11(15(19)20)8-16-14(12)18(2)17-9/h8,10H,3-7H2,1-2H3,(H,19,20). The molecule has 0 aromatic carbocycles. The summed E-state index contributed by atoms with van der Waals surface area (Å²) in [7, 11) is 1.80. The van der Waals surface area contributed by atoms with Gasteiger partial charge < -0.3 is 9.84 Å². The summed E-state index contributed by atoms with van der Waals surface area (Å²) in [6.45, 7) is 1.85. The van der Waals surface area contributed by atoms with Crippen molar-refractivity contribution < 1.29 is 14.6 Å². The molecule has 2 aromatic heterocycles. The van der Waals surface area contributed by atoms with Crippen molar-refractivity contribution in [1.29, 1.82) is 0 Å². The Morgan fingerprint density at radius 3 is 2.76 bits per heavy atom. The Morgan fingerprint density at radius 2 is 2.10 bits per heavy atom. The Kier molecular flexibility index (Phi) is 3.53. The van der Waals surface area contributed by atoms with Crippen LogP contribution in [0.3, 0.4) is 0 Å². The van der Waals surface area contributed by atoms with Crippen LogP contribution in [0.4, 0.5) is 0 Å². The Bertz CT molecular complexity index is 687. The first-order chi connectivity index (χ1) is 10.1. The zero-order valence-electron chi connectivity index (χ0n) is 12.3. The third-order valence-electron chi connectivity index (χ3n) is 4.05. The van der Waals surface area contributed by atoms with Gasteiger partial charge in [0.2, 0.25) is 0 Å². The lowest BCUT2D eigenvalue weighted by Gasteiger charge is -2.24. The highest BCUT2D eigenvalue weighted by Gasteiger charge is 2.24. The molecule has 0 bridgehead atoms.